The lowest BCUT2D eigenvalue weighted by molar-refractivity contribution is -0.130. The molecule has 0 N–H and O–H groups in total. The molecule has 1 aliphatic heterocycles. The van der Waals surface area contributed by atoms with Crippen LogP contribution in [0.2, 0.25) is 0 Å². The molecule has 0 saturated carbocycles. The van der Waals surface area contributed by atoms with Gasteiger partial charge < -0.3 is 14.1 Å². The molecule has 1 aliphatic rings. The van der Waals surface area contributed by atoms with E-state index in [2.05, 4.69) is 19.5 Å². The van der Waals surface area contributed by atoms with Crippen LogP contribution in [0.15, 0.2) is 51.7 Å². The third-order valence-electron chi connectivity index (χ3n) is 5.18. The Hall–Kier alpha value is -3.10. The first-order chi connectivity index (χ1) is 14.2. The van der Waals surface area contributed by atoms with E-state index < -0.39 is 11.8 Å². The number of nitrogens with zero attached hydrogens (tertiary/aromatic N) is 2. The van der Waals surface area contributed by atoms with Gasteiger partial charge in [-0.25, -0.2) is 4.79 Å². The zero-order valence-electron chi connectivity index (χ0n) is 16.3. The fraction of sp³-hybridized carbons (Fsp3) is 0.333. The van der Waals surface area contributed by atoms with Gasteiger partial charge in [-0.15, -0.1) is 0 Å². The topological polar surface area (TPSA) is 64.7 Å². The molecule has 1 unspecified atom stereocenters. The Labute approximate surface area is 172 Å². The molecule has 0 bridgehead atoms. The van der Waals surface area contributed by atoms with Crippen molar-refractivity contribution in [1.29, 1.82) is 0 Å². The SMILES string of the molecule is [B]C(F)(F)Oc1ccc(-c2ccc3oc(=O)n(CC(=O)N4CCC(C)C4)c3c2)cc1. The fourth-order valence-corrected chi connectivity index (χ4v) is 3.66. The summed E-state index contributed by atoms with van der Waals surface area (Å²) in [6, 6.07) is 7.31. The summed E-state index contributed by atoms with van der Waals surface area (Å²) >= 11 is 0. The average molecular weight is 412 g/mol. The summed E-state index contributed by atoms with van der Waals surface area (Å²) < 4.78 is 36.5. The Kier molecular flexibility index (Phi) is 5.13. The van der Waals surface area contributed by atoms with Crippen LogP contribution in [0.4, 0.5) is 8.78 Å². The lowest BCUT2D eigenvalue weighted by atomic mass is 10.0. The minimum Gasteiger partial charge on any atom is -0.441 e. The van der Waals surface area contributed by atoms with Crippen molar-refractivity contribution in [2.45, 2.75) is 25.9 Å². The maximum absolute atomic E-state index is 12.8. The quantitative estimate of drug-likeness (QED) is 0.604. The molecular formula is C21H19BF2N2O4. The van der Waals surface area contributed by atoms with Crippen LogP contribution in [0.25, 0.3) is 22.2 Å². The van der Waals surface area contributed by atoms with Crippen LogP contribution in [-0.2, 0) is 11.3 Å². The van der Waals surface area contributed by atoms with Crippen LogP contribution >= 0.6 is 0 Å². The van der Waals surface area contributed by atoms with Crippen molar-refractivity contribution < 1.29 is 22.7 Å². The second kappa shape index (κ2) is 7.62. The monoisotopic (exact) mass is 412 g/mol. The van der Waals surface area contributed by atoms with Crippen LogP contribution in [0.5, 0.6) is 5.75 Å². The number of alkyl halides is 2. The summed E-state index contributed by atoms with van der Waals surface area (Å²) in [5.41, 5.74) is 2.30. The van der Waals surface area contributed by atoms with Crippen molar-refractivity contribution in [3.05, 3.63) is 53.0 Å². The number of amides is 1. The minimum atomic E-state index is -3.76. The number of oxazole rings is 1. The lowest BCUT2D eigenvalue weighted by Gasteiger charge is -2.16. The Morgan fingerprint density at radius 3 is 2.57 bits per heavy atom. The number of hydrogen-bond donors (Lipinski definition) is 0. The van der Waals surface area contributed by atoms with E-state index in [0.29, 0.717) is 35.7 Å². The highest BCUT2D eigenvalue weighted by Crippen LogP contribution is 2.27. The predicted molar refractivity (Wildman–Crippen MR) is 108 cm³/mol. The van der Waals surface area contributed by atoms with Crippen molar-refractivity contribution in [3.63, 3.8) is 0 Å². The number of likely N-dealkylation sites (tertiary alicyclic amines) is 1. The maximum atomic E-state index is 12.8. The largest absolute Gasteiger partial charge is 0.441 e. The Bertz CT molecular complexity index is 1130. The number of benzene rings is 2. The number of hydrogen-bond acceptors (Lipinski definition) is 4. The van der Waals surface area contributed by atoms with Crippen molar-refractivity contribution >= 4 is 24.9 Å². The zero-order chi connectivity index (χ0) is 21.5. The van der Waals surface area contributed by atoms with Crippen LogP contribution < -0.4 is 10.5 Å². The Balaban J connectivity index is 1.61. The standard InChI is InChI=1S/C21H19BF2N2O4/c1-13-8-9-25(11-13)19(27)12-26-17-10-15(4-7-18(17)29-20(26)28)14-2-5-16(6-3-14)30-21(22,23)24/h2-7,10,13H,8-9,11-12H2,1H3. The van der Waals surface area contributed by atoms with Gasteiger partial charge in [0.25, 0.3) is 0 Å². The minimum absolute atomic E-state index is 0.0713. The maximum Gasteiger partial charge on any atom is 0.420 e. The molecule has 1 aromatic heterocycles. The molecule has 4 rings (SSSR count). The zero-order valence-corrected chi connectivity index (χ0v) is 16.3. The van der Waals surface area contributed by atoms with Gasteiger partial charge in [0.15, 0.2) is 5.58 Å². The Morgan fingerprint density at radius 1 is 1.23 bits per heavy atom. The summed E-state index contributed by atoms with van der Waals surface area (Å²) in [7, 11) is 4.56. The van der Waals surface area contributed by atoms with E-state index in [9.17, 15) is 18.4 Å². The molecule has 0 aliphatic carbocycles. The number of carbonyl (C=O) groups is 1. The number of ether oxygens (including phenoxy) is 1. The van der Waals surface area contributed by atoms with E-state index in [0.717, 1.165) is 12.0 Å². The summed E-state index contributed by atoms with van der Waals surface area (Å²) in [6.07, 6.45) is 0.951. The van der Waals surface area contributed by atoms with Gasteiger partial charge in [-0.3, -0.25) is 9.36 Å². The molecule has 9 heteroatoms. The molecule has 0 spiro atoms. The third kappa shape index (κ3) is 4.24. The van der Waals surface area contributed by atoms with Gasteiger partial charge in [0.1, 0.15) is 12.3 Å². The summed E-state index contributed by atoms with van der Waals surface area (Å²) in [4.78, 5) is 26.7. The van der Waals surface area contributed by atoms with Crippen molar-refractivity contribution in [2.24, 2.45) is 5.92 Å². The van der Waals surface area contributed by atoms with Gasteiger partial charge >= 0.3 is 11.8 Å². The van der Waals surface area contributed by atoms with E-state index in [1.54, 1.807) is 35.2 Å². The second-order valence-electron chi connectivity index (χ2n) is 7.56. The molecule has 2 radical (unpaired) electrons. The molecule has 2 aromatic carbocycles. The number of aromatic nitrogens is 1. The van der Waals surface area contributed by atoms with Gasteiger partial charge in [0.2, 0.25) is 13.8 Å². The highest BCUT2D eigenvalue weighted by molar-refractivity contribution is 6.12. The molecule has 154 valence electrons. The smallest absolute Gasteiger partial charge is 0.420 e. The van der Waals surface area contributed by atoms with Crippen LogP contribution in [-0.4, -0.2) is 42.3 Å². The molecule has 1 fully saturated rings. The Morgan fingerprint density at radius 2 is 1.93 bits per heavy atom. The molecule has 1 saturated heterocycles. The molecular weight excluding hydrogens is 393 g/mol. The number of fused-ring (bicyclic) bond motifs is 1. The van der Waals surface area contributed by atoms with Crippen LogP contribution in [0.1, 0.15) is 13.3 Å². The normalized spacial score (nSPS) is 16.9. The van der Waals surface area contributed by atoms with Crippen LogP contribution in [0.3, 0.4) is 0 Å². The average Bonchev–Trinajstić information content (AvgIpc) is 3.24. The molecule has 2 heterocycles. The van der Waals surface area contributed by atoms with Crippen molar-refractivity contribution in [3.8, 4) is 16.9 Å². The molecule has 3 aromatic rings. The first-order valence-electron chi connectivity index (χ1n) is 9.57. The summed E-state index contributed by atoms with van der Waals surface area (Å²) in [6.45, 7) is 3.36. The number of rotatable bonds is 5. The molecule has 1 amide bonds. The molecule has 6 nitrogen and oxygen atoms in total. The van der Waals surface area contributed by atoms with Gasteiger partial charge in [0, 0.05) is 13.1 Å². The van der Waals surface area contributed by atoms with E-state index in [-0.39, 0.29) is 18.2 Å². The summed E-state index contributed by atoms with van der Waals surface area (Å²) in [5, 5.41) is 0. The number of carbonyl (C=O) groups excluding carboxylic acids is 1. The van der Waals surface area contributed by atoms with Crippen molar-refractivity contribution in [1.82, 2.24) is 9.47 Å². The highest BCUT2D eigenvalue weighted by atomic mass is 19.3. The highest BCUT2D eigenvalue weighted by Gasteiger charge is 2.25. The first-order valence-corrected chi connectivity index (χ1v) is 9.57. The molecule has 30 heavy (non-hydrogen) atoms. The molecule has 1 atom stereocenters. The van der Waals surface area contributed by atoms with E-state index in [1.165, 1.54) is 16.7 Å². The van der Waals surface area contributed by atoms with E-state index in [1.807, 2.05) is 0 Å². The lowest BCUT2D eigenvalue weighted by Crippen LogP contribution is -2.33. The van der Waals surface area contributed by atoms with Gasteiger partial charge in [-0.05, 0) is 47.7 Å². The third-order valence-corrected chi connectivity index (χ3v) is 5.18. The van der Waals surface area contributed by atoms with E-state index in [4.69, 9.17) is 4.42 Å². The van der Waals surface area contributed by atoms with Gasteiger partial charge in [-0.1, -0.05) is 25.1 Å². The summed E-state index contributed by atoms with van der Waals surface area (Å²) in [5.74, 6) is -0.349. The van der Waals surface area contributed by atoms with E-state index >= 15 is 0 Å². The van der Waals surface area contributed by atoms with Gasteiger partial charge in [0.05, 0.1) is 5.52 Å². The van der Waals surface area contributed by atoms with Crippen LogP contribution in [0, 0.1) is 5.92 Å². The number of halogens is 2. The van der Waals surface area contributed by atoms with Gasteiger partial charge in [-0.2, -0.15) is 8.78 Å². The first kappa shape index (κ1) is 20.2. The van der Waals surface area contributed by atoms with Crippen molar-refractivity contribution in [2.75, 3.05) is 13.1 Å². The predicted octanol–water partition coefficient (Wildman–Crippen LogP) is 3.23. The fourth-order valence-electron chi connectivity index (χ4n) is 3.66. The second-order valence-corrected chi connectivity index (χ2v) is 7.56.